The van der Waals surface area contributed by atoms with Crippen LogP contribution < -0.4 is 10.1 Å². The molecule has 2 aromatic carbocycles. The molecule has 1 N–H and O–H groups in total. The number of hydrogen-bond acceptors (Lipinski definition) is 2. The Morgan fingerprint density at radius 1 is 1.20 bits per heavy atom. The summed E-state index contributed by atoms with van der Waals surface area (Å²) < 4.78 is 5.87. The Labute approximate surface area is 125 Å². The Morgan fingerprint density at radius 3 is 2.60 bits per heavy atom. The first-order chi connectivity index (χ1) is 9.61. The average molecular weight is 290 g/mol. The van der Waals surface area contributed by atoms with Crippen molar-refractivity contribution in [3.8, 4) is 5.75 Å². The molecule has 0 bridgehead atoms. The van der Waals surface area contributed by atoms with Crippen LogP contribution in [0, 0.1) is 6.92 Å². The van der Waals surface area contributed by atoms with Gasteiger partial charge in [0.15, 0.2) is 0 Å². The minimum atomic E-state index is 0.339. The van der Waals surface area contributed by atoms with Crippen LogP contribution in [0.25, 0.3) is 0 Å². The number of hydrogen-bond donors (Lipinski definition) is 1. The zero-order valence-corrected chi connectivity index (χ0v) is 12.9. The van der Waals surface area contributed by atoms with E-state index in [1.807, 2.05) is 37.4 Å². The number of halogens is 1. The van der Waals surface area contributed by atoms with E-state index < -0.39 is 0 Å². The van der Waals surface area contributed by atoms with E-state index in [0.29, 0.717) is 12.6 Å². The second-order valence-corrected chi connectivity index (χ2v) is 5.32. The average Bonchev–Trinajstić information content (AvgIpc) is 2.46. The van der Waals surface area contributed by atoms with E-state index in [9.17, 15) is 0 Å². The van der Waals surface area contributed by atoms with Gasteiger partial charge in [-0.2, -0.15) is 0 Å². The first-order valence-electron chi connectivity index (χ1n) is 6.76. The van der Waals surface area contributed by atoms with Crippen molar-refractivity contribution in [3.63, 3.8) is 0 Å². The van der Waals surface area contributed by atoms with Crippen molar-refractivity contribution in [2.24, 2.45) is 0 Å². The minimum Gasteiger partial charge on any atom is -0.489 e. The largest absolute Gasteiger partial charge is 0.489 e. The van der Waals surface area contributed by atoms with Gasteiger partial charge in [-0.3, -0.25) is 0 Å². The van der Waals surface area contributed by atoms with Gasteiger partial charge in [0.25, 0.3) is 0 Å². The fourth-order valence-corrected chi connectivity index (χ4v) is 2.23. The van der Waals surface area contributed by atoms with Gasteiger partial charge in [0.05, 0.1) is 0 Å². The van der Waals surface area contributed by atoms with Gasteiger partial charge >= 0.3 is 0 Å². The first-order valence-corrected chi connectivity index (χ1v) is 7.13. The summed E-state index contributed by atoms with van der Waals surface area (Å²) in [6.07, 6.45) is 0. The number of nitrogens with one attached hydrogen (secondary N) is 1. The van der Waals surface area contributed by atoms with Gasteiger partial charge in [0.1, 0.15) is 12.4 Å². The molecular weight excluding hydrogens is 270 g/mol. The van der Waals surface area contributed by atoms with Gasteiger partial charge in [0, 0.05) is 16.6 Å². The molecule has 0 spiro atoms. The van der Waals surface area contributed by atoms with Crippen molar-refractivity contribution < 1.29 is 4.74 Å². The molecule has 3 heteroatoms. The van der Waals surface area contributed by atoms with E-state index in [2.05, 4.69) is 31.3 Å². The van der Waals surface area contributed by atoms with Crippen LogP contribution in [0.3, 0.4) is 0 Å². The predicted octanol–water partition coefficient (Wildman–Crippen LogP) is 4.51. The predicted molar refractivity (Wildman–Crippen MR) is 84.4 cm³/mol. The molecule has 106 valence electrons. The van der Waals surface area contributed by atoms with E-state index in [1.54, 1.807) is 0 Å². The van der Waals surface area contributed by atoms with Gasteiger partial charge in [-0.05, 0) is 44.2 Å². The minimum absolute atomic E-state index is 0.339. The second-order valence-electron chi connectivity index (χ2n) is 4.92. The summed E-state index contributed by atoms with van der Waals surface area (Å²) in [5.74, 6) is 0.900. The molecule has 2 aromatic rings. The van der Waals surface area contributed by atoms with Crippen LogP contribution in [0.2, 0.25) is 5.02 Å². The molecule has 0 saturated heterocycles. The molecule has 0 radical (unpaired) electrons. The van der Waals surface area contributed by atoms with Crippen molar-refractivity contribution in [2.75, 3.05) is 7.05 Å². The highest BCUT2D eigenvalue weighted by Gasteiger charge is 2.07. The smallest absolute Gasteiger partial charge is 0.122 e. The fourth-order valence-electron chi connectivity index (χ4n) is 2.04. The van der Waals surface area contributed by atoms with Crippen LogP contribution in [0.15, 0.2) is 42.5 Å². The molecule has 2 nitrogen and oxygen atoms in total. The highest BCUT2D eigenvalue weighted by molar-refractivity contribution is 6.31. The highest BCUT2D eigenvalue weighted by Crippen LogP contribution is 2.24. The van der Waals surface area contributed by atoms with Crippen molar-refractivity contribution in [1.82, 2.24) is 5.32 Å². The van der Waals surface area contributed by atoms with Gasteiger partial charge in [-0.15, -0.1) is 0 Å². The highest BCUT2D eigenvalue weighted by atomic mass is 35.5. The molecule has 20 heavy (non-hydrogen) atoms. The lowest BCUT2D eigenvalue weighted by Crippen LogP contribution is -2.12. The van der Waals surface area contributed by atoms with Crippen LogP contribution in [-0.4, -0.2) is 7.05 Å². The molecule has 0 saturated carbocycles. The molecule has 0 aliphatic rings. The number of rotatable bonds is 5. The molecule has 0 fully saturated rings. The van der Waals surface area contributed by atoms with Crippen LogP contribution >= 0.6 is 11.6 Å². The van der Waals surface area contributed by atoms with E-state index in [0.717, 1.165) is 21.9 Å². The van der Waals surface area contributed by atoms with Gasteiger partial charge < -0.3 is 10.1 Å². The third kappa shape index (κ3) is 3.53. The fraction of sp³-hybridized carbons (Fsp3) is 0.294. The standard InChI is InChI=1S/C17H20ClNO/c1-12-10-14(13(2)19-3)8-9-17(12)20-11-15-6-4-5-7-16(15)18/h4-10,13,19H,11H2,1-3H3. The summed E-state index contributed by atoms with van der Waals surface area (Å²) >= 11 is 6.13. The summed E-state index contributed by atoms with van der Waals surface area (Å²) in [4.78, 5) is 0. The summed E-state index contributed by atoms with van der Waals surface area (Å²) in [6.45, 7) is 4.69. The third-order valence-electron chi connectivity index (χ3n) is 3.47. The molecule has 0 heterocycles. The van der Waals surface area contributed by atoms with E-state index in [4.69, 9.17) is 16.3 Å². The molecule has 0 aliphatic heterocycles. The Bertz CT molecular complexity index is 583. The Morgan fingerprint density at radius 2 is 1.95 bits per heavy atom. The molecule has 0 aliphatic carbocycles. The Hall–Kier alpha value is -1.51. The maximum Gasteiger partial charge on any atom is 0.122 e. The van der Waals surface area contributed by atoms with E-state index in [-0.39, 0.29) is 0 Å². The van der Waals surface area contributed by atoms with Gasteiger partial charge in [-0.25, -0.2) is 0 Å². The van der Waals surface area contributed by atoms with Crippen LogP contribution in [0.1, 0.15) is 29.7 Å². The maximum absolute atomic E-state index is 6.13. The van der Waals surface area contributed by atoms with Crippen LogP contribution in [0.4, 0.5) is 0 Å². The molecule has 1 unspecified atom stereocenters. The lowest BCUT2D eigenvalue weighted by molar-refractivity contribution is 0.304. The number of benzene rings is 2. The molecule has 1 atom stereocenters. The summed E-state index contributed by atoms with van der Waals surface area (Å²) in [5.41, 5.74) is 3.40. The summed E-state index contributed by atoms with van der Waals surface area (Å²) in [5, 5.41) is 3.98. The normalized spacial score (nSPS) is 12.2. The van der Waals surface area contributed by atoms with Crippen molar-refractivity contribution in [3.05, 3.63) is 64.2 Å². The van der Waals surface area contributed by atoms with Crippen molar-refractivity contribution in [2.45, 2.75) is 26.5 Å². The monoisotopic (exact) mass is 289 g/mol. The quantitative estimate of drug-likeness (QED) is 0.874. The molecule has 0 amide bonds. The van der Waals surface area contributed by atoms with E-state index >= 15 is 0 Å². The van der Waals surface area contributed by atoms with E-state index in [1.165, 1.54) is 5.56 Å². The second kappa shape index (κ2) is 6.78. The first kappa shape index (κ1) is 14.9. The summed E-state index contributed by atoms with van der Waals surface area (Å²) in [7, 11) is 1.96. The van der Waals surface area contributed by atoms with Gasteiger partial charge in [-0.1, -0.05) is 41.9 Å². The third-order valence-corrected chi connectivity index (χ3v) is 3.84. The summed E-state index contributed by atoms with van der Waals surface area (Å²) in [6, 6.07) is 14.4. The molecular formula is C17H20ClNO. The number of ether oxygens (including phenoxy) is 1. The van der Waals surface area contributed by atoms with Crippen LogP contribution in [-0.2, 0) is 6.61 Å². The van der Waals surface area contributed by atoms with Crippen LogP contribution in [0.5, 0.6) is 5.75 Å². The molecule has 2 rings (SSSR count). The Balaban J connectivity index is 2.09. The zero-order valence-electron chi connectivity index (χ0n) is 12.1. The topological polar surface area (TPSA) is 21.3 Å². The lowest BCUT2D eigenvalue weighted by atomic mass is 10.1. The maximum atomic E-state index is 6.13. The zero-order chi connectivity index (χ0) is 14.5. The SMILES string of the molecule is CNC(C)c1ccc(OCc2ccccc2Cl)c(C)c1. The van der Waals surface area contributed by atoms with Gasteiger partial charge in [0.2, 0.25) is 0 Å². The molecule has 0 aromatic heterocycles. The lowest BCUT2D eigenvalue weighted by Gasteiger charge is -2.14. The van der Waals surface area contributed by atoms with Crippen molar-refractivity contribution in [1.29, 1.82) is 0 Å². The van der Waals surface area contributed by atoms with Crippen molar-refractivity contribution >= 4 is 11.6 Å². The Kier molecular flexibility index (Phi) is 5.05. The number of aryl methyl sites for hydroxylation is 1.